The van der Waals surface area contributed by atoms with E-state index in [1.54, 1.807) is 7.05 Å². The minimum absolute atomic E-state index is 0.0429. The number of carbonyl (C=O) groups is 2. The van der Waals surface area contributed by atoms with Gasteiger partial charge in [-0.1, -0.05) is 18.2 Å². The zero-order valence-corrected chi connectivity index (χ0v) is 12.4. The largest absolute Gasteiger partial charge is 0.493 e. The molecule has 0 N–H and O–H groups in total. The van der Waals surface area contributed by atoms with E-state index in [-0.39, 0.29) is 25.5 Å². The number of rotatable bonds is 6. The maximum absolute atomic E-state index is 11.8. The van der Waals surface area contributed by atoms with E-state index in [9.17, 15) is 9.59 Å². The molecule has 0 atom stereocenters. The molecule has 0 aliphatic rings. The lowest BCUT2D eigenvalue weighted by Crippen LogP contribution is -2.33. The molecule has 0 aliphatic heterocycles. The van der Waals surface area contributed by atoms with Gasteiger partial charge >= 0.3 is 5.97 Å². The normalized spacial score (nSPS) is 10.0. The van der Waals surface area contributed by atoms with Gasteiger partial charge in [-0.25, -0.2) is 0 Å². The van der Waals surface area contributed by atoms with E-state index in [1.165, 1.54) is 12.0 Å². The van der Waals surface area contributed by atoms with Gasteiger partial charge in [-0.05, 0) is 25.0 Å². The molecule has 0 spiro atoms. The van der Waals surface area contributed by atoms with Crippen molar-refractivity contribution in [2.75, 3.05) is 27.3 Å². The molecule has 1 rings (SSSR count). The zero-order valence-electron chi connectivity index (χ0n) is 12.4. The average Bonchev–Trinajstić information content (AvgIpc) is 2.41. The second kappa shape index (κ2) is 7.53. The predicted octanol–water partition coefficient (Wildman–Crippen LogP) is 1.70. The molecule has 5 nitrogen and oxygen atoms in total. The smallest absolute Gasteiger partial charge is 0.325 e. The number of hydrogen-bond acceptors (Lipinski definition) is 4. The molecule has 0 fully saturated rings. The number of ether oxygens (including phenoxy) is 2. The highest BCUT2D eigenvalue weighted by Crippen LogP contribution is 2.22. The van der Waals surface area contributed by atoms with Crippen molar-refractivity contribution in [2.45, 2.75) is 20.3 Å². The highest BCUT2D eigenvalue weighted by Gasteiger charge is 2.13. The van der Waals surface area contributed by atoms with Crippen molar-refractivity contribution >= 4 is 11.9 Å². The fraction of sp³-hybridized carbons (Fsp3) is 0.467. The first-order valence-corrected chi connectivity index (χ1v) is 6.45. The second-order valence-corrected chi connectivity index (χ2v) is 4.65. The number of carbonyl (C=O) groups excluding carboxylic acids is 2. The highest BCUT2D eigenvalue weighted by atomic mass is 16.5. The summed E-state index contributed by atoms with van der Waals surface area (Å²) in [4.78, 5) is 24.2. The summed E-state index contributed by atoms with van der Waals surface area (Å²) in [6.45, 7) is 4.18. The van der Waals surface area contributed by atoms with Crippen LogP contribution in [0.5, 0.6) is 5.75 Å². The van der Waals surface area contributed by atoms with Gasteiger partial charge in [0, 0.05) is 7.05 Å². The first kappa shape index (κ1) is 16.0. The Morgan fingerprint density at radius 2 is 1.80 bits per heavy atom. The Hall–Kier alpha value is -2.04. The molecule has 0 aromatic heterocycles. The number of aryl methyl sites for hydroxylation is 2. The van der Waals surface area contributed by atoms with Gasteiger partial charge in [0.25, 0.3) is 0 Å². The summed E-state index contributed by atoms with van der Waals surface area (Å²) in [5.74, 6) is 0.231. The maximum Gasteiger partial charge on any atom is 0.325 e. The number of benzene rings is 1. The number of para-hydroxylation sites is 1. The summed E-state index contributed by atoms with van der Waals surface area (Å²) >= 11 is 0. The van der Waals surface area contributed by atoms with Gasteiger partial charge in [-0.3, -0.25) is 9.59 Å². The molecule has 110 valence electrons. The zero-order chi connectivity index (χ0) is 15.1. The molecule has 0 saturated heterocycles. The van der Waals surface area contributed by atoms with Crippen LogP contribution in [-0.2, 0) is 14.3 Å². The third-order valence-corrected chi connectivity index (χ3v) is 2.99. The van der Waals surface area contributed by atoms with Crippen molar-refractivity contribution in [1.29, 1.82) is 0 Å². The van der Waals surface area contributed by atoms with Crippen molar-refractivity contribution in [3.8, 4) is 5.75 Å². The lowest BCUT2D eigenvalue weighted by atomic mass is 10.1. The Morgan fingerprint density at radius 1 is 1.20 bits per heavy atom. The van der Waals surface area contributed by atoms with Crippen molar-refractivity contribution in [2.24, 2.45) is 0 Å². The molecule has 0 saturated carbocycles. The lowest BCUT2D eigenvalue weighted by Gasteiger charge is -2.16. The molecule has 1 amide bonds. The van der Waals surface area contributed by atoms with E-state index in [0.717, 1.165) is 16.9 Å². The van der Waals surface area contributed by atoms with Crippen molar-refractivity contribution in [3.63, 3.8) is 0 Å². The van der Waals surface area contributed by atoms with Crippen LogP contribution in [0, 0.1) is 13.8 Å². The standard InChI is InChI=1S/C15H21NO4/c1-11-6-5-7-12(2)15(11)20-9-8-13(17)16(3)10-14(18)19-4/h5-7H,8-10H2,1-4H3. The summed E-state index contributed by atoms with van der Waals surface area (Å²) < 4.78 is 10.2. The van der Waals surface area contributed by atoms with Crippen LogP contribution in [0.15, 0.2) is 18.2 Å². The molecule has 5 heteroatoms. The quantitative estimate of drug-likeness (QED) is 0.744. The SMILES string of the molecule is COC(=O)CN(C)C(=O)CCOc1c(C)cccc1C. The molecule has 1 aromatic carbocycles. The molecule has 0 heterocycles. The maximum atomic E-state index is 11.8. The molecular formula is C15H21NO4. The van der Waals surface area contributed by atoms with E-state index < -0.39 is 5.97 Å². The van der Waals surface area contributed by atoms with Crippen molar-refractivity contribution in [1.82, 2.24) is 4.90 Å². The van der Waals surface area contributed by atoms with Crippen LogP contribution < -0.4 is 4.74 Å². The highest BCUT2D eigenvalue weighted by molar-refractivity contribution is 5.81. The van der Waals surface area contributed by atoms with Crippen LogP contribution in [0.2, 0.25) is 0 Å². The topological polar surface area (TPSA) is 55.8 Å². The average molecular weight is 279 g/mol. The van der Waals surface area contributed by atoms with Crippen molar-refractivity contribution in [3.05, 3.63) is 29.3 Å². The lowest BCUT2D eigenvalue weighted by molar-refractivity contribution is -0.146. The molecule has 0 bridgehead atoms. The number of hydrogen-bond donors (Lipinski definition) is 0. The van der Waals surface area contributed by atoms with E-state index in [4.69, 9.17) is 4.74 Å². The van der Waals surface area contributed by atoms with E-state index in [2.05, 4.69) is 4.74 Å². The molecule has 20 heavy (non-hydrogen) atoms. The third-order valence-electron chi connectivity index (χ3n) is 2.99. The van der Waals surface area contributed by atoms with Crippen LogP contribution in [0.25, 0.3) is 0 Å². The predicted molar refractivity (Wildman–Crippen MR) is 75.7 cm³/mol. The van der Waals surface area contributed by atoms with E-state index in [1.807, 2.05) is 32.0 Å². The molecule has 1 aromatic rings. The second-order valence-electron chi connectivity index (χ2n) is 4.65. The van der Waals surface area contributed by atoms with Crippen LogP contribution in [0.3, 0.4) is 0 Å². The van der Waals surface area contributed by atoms with Crippen LogP contribution >= 0.6 is 0 Å². The number of esters is 1. The summed E-state index contributed by atoms with van der Waals surface area (Å²) in [7, 11) is 2.86. The van der Waals surface area contributed by atoms with Crippen LogP contribution in [0.4, 0.5) is 0 Å². The molecule has 0 aliphatic carbocycles. The molecule has 0 radical (unpaired) electrons. The Kier molecular flexibility index (Phi) is 6.03. The van der Waals surface area contributed by atoms with Gasteiger partial charge in [0.15, 0.2) is 0 Å². The summed E-state index contributed by atoms with van der Waals surface area (Å²) in [5.41, 5.74) is 2.08. The van der Waals surface area contributed by atoms with Crippen molar-refractivity contribution < 1.29 is 19.1 Å². The number of likely N-dealkylation sites (N-methyl/N-ethyl adjacent to an activating group) is 1. The minimum Gasteiger partial charge on any atom is -0.493 e. The Balaban J connectivity index is 2.44. The Bertz CT molecular complexity index is 465. The monoisotopic (exact) mass is 279 g/mol. The van der Waals surface area contributed by atoms with Gasteiger partial charge in [-0.15, -0.1) is 0 Å². The molecule has 0 unspecified atom stereocenters. The summed E-state index contributed by atoms with van der Waals surface area (Å²) in [5, 5.41) is 0. The van der Waals surface area contributed by atoms with Gasteiger partial charge in [0.05, 0.1) is 20.1 Å². The summed E-state index contributed by atoms with van der Waals surface area (Å²) in [6, 6.07) is 5.90. The fourth-order valence-corrected chi connectivity index (χ4v) is 1.80. The first-order chi connectivity index (χ1) is 9.45. The van der Waals surface area contributed by atoms with E-state index >= 15 is 0 Å². The van der Waals surface area contributed by atoms with E-state index in [0.29, 0.717) is 0 Å². The fourth-order valence-electron chi connectivity index (χ4n) is 1.80. The molecular weight excluding hydrogens is 258 g/mol. The number of nitrogens with zero attached hydrogens (tertiary/aromatic N) is 1. The number of amides is 1. The van der Waals surface area contributed by atoms with Gasteiger partial charge < -0.3 is 14.4 Å². The summed E-state index contributed by atoms with van der Waals surface area (Å²) in [6.07, 6.45) is 0.223. The number of methoxy groups -OCH3 is 1. The Morgan fingerprint density at radius 3 is 2.35 bits per heavy atom. The Labute approximate surface area is 119 Å². The van der Waals surface area contributed by atoms with Gasteiger partial charge in [0.2, 0.25) is 5.91 Å². The van der Waals surface area contributed by atoms with Crippen LogP contribution in [0.1, 0.15) is 17.5 Å². The first-order valence-electron chi connectivity index (χ1n) is 6.45. The van der Waals surface area contributed by atoms with Gasteiger partial charge in [0.1, 0.15) is 12.3 Å². The minimum atomic E-state index is -0.434. The third kappa shape index (κ3) is 4.57. The van der Waals surface area contributed by atoms with Crippen LogP contribution in [-0.4, -0.2) is 44.1 Å². The van der Waals surface area contributed by atoms with Gasteiger partial charge in [-0.2, -0.15) is 0 Å².